The van der Waals surface area contributed by atoms with Crippen molar-refractivity contribution in [2.45, 2.75) is 6.10 Å². The number of hydrogen-bond donors (Lipinski definition) is 2. The molecule has 2 N–H and O–H groups in total. The number of hydrogen-bond acceptors (Lipinski definition) is 6. The molecule has 0 amide bonds. The van der Waals surface area contributed by atoms with Crippen LogP contribution in [0.25, 0.3) is 5.53 Å². The molecule has 0 aromatic rings. The average Bonchev–Trinajstić information content (AvgIpc) is 2.16. The number of allylic oxidation sites excluding steroid dienone is 1. The van der Waals surface area contributed by atoms with Gasteiger partial charge in [0.05, 0.1) is 9.85 Å². The van der Waals surface area contributed by atoms with Crippen molar-refractivity contribution in [3.05, 3.63) is 49.0 Å². The molecule has 0 heterocycles. The molecule has 0 radical (unpaired) electrons. The van der Waals surface area contributed by atoms with E-state index >= 15 is 0 Å². The molecule has 0 bridgehead atoms. The maximum absolute atomic E-state index is 10.4. The van der Waals surface area contributed by atoms with E-state index in [-0.39, 0.29) is 0 Å². The molecule has 0 aromatic carbocycles. The van der Waals surface area contributed by atoms with Crippen LogP contribution in [-0.4, -0.2) is 36.7 Å². The first-order chi connectivity index (χ1) is 7.40. The van der Waals surface area contributed by atoms with E-state index in [1.54, 1.807) is 0 Å². The number of aliphatic hydroxyl groups excluding tert-OH is 2. The Bertz CT molecular complexity index is 485. The van der Waals surface area contributed by atoms with E-state index < -0.39 is 38.8 Å². The van der Waals surface area contributed by atoms with Crippen LogP contribution in [0.3, 0.4) is 0 Å². The molecule has 10 heteroatoms. The number of nitrogens with zero attached hydrogens (tertiary/aromatic N) is 4. The molecule has 0 aliphatic heterocycles. The molecule has 1 aliphatic carbocycles. The van der Waals surface area contributed by atoms with Crippen molar-refractivity contribution in [2.24, 2.45) is 0 Å². The van der Waals surface area contributed by atoms with Crippen molar-refractivity contribution in [1.29, 1.82) is 0 Å². The predicted octanol–water partition coefficient (Wildman–Crippen LogP) is -0.761. The summed E-state index contributed by atoms with van der Waals surface area (Å²) in [5.74, 6) is -1.12. The van der Waals surface area contributed by atoms with Gasteiger partial charge in [0, 0.05) is 0 Å². The number of aliphatic hydroxyl groups is 2. The summed E-state index contributed by atoms with van der Waals surface area (Å²) in [5.41, 5.74) is 5.44. The SMILES string of the molecule is [N-]=[N+]=C1C=C([N+](=O)[O-])C(O)C([N+](=O)[O-])=C1O. The van der Waals surface area contributed by atoms with Gasteiger partial charge in [0.2, 0.25) is 6.10 Å². The van der Waals surface area contributed by atoms with Crippen molar-refractivity contribution in [2.75, 3.05) is 0 Å². The van der Waals surface area contributed by atoms with E-state index in [9.17, 15) is 30.4 Å². The van der Waals surface area contributed by atoms with Gasteiger partial charge in [-0.2, -0.15) is 4.79 Å². The first-order valence-electron chi connectivity index (χ1n) is 3.74. The predicted molar refractivity (Wildman–Crippen MR) is 46.4 cm³/mol. The fourth-order valence-corrected chi connectivity index (χ4v) is 1.10. The second-order valence-electron chi connectivity index (χ2n) is 2.71. The Labute approximate surface area is 86.7 Å². The standard InChI is InChI=1S/C6H4N4O6/c7-8-2-1-3(9(13)14)6(12)4(5(2)11)10(15)16/h1,6,11-12H. The second-order valence-corrected chi connectivity index (χ2v) is 2.71. The van der Waals surface area contributed by atoms with Crippen molar-refractivity contribution in [3.63, 3.8) is 0 Å². The van der Waals surface area contributed by atoms with Crippen LogP contribution in [0.2, 0.25) is 0 Å². The highest BCUT2D eigenvalue weighted by molar-refractivity contribution is 6.04. The molecular formula is C6H4N4O6. The summed E-state index contributed by atoms with van der Waals surface area (Å²) in [4.78, 5) is 21.0. The zero-order chi connectivity index (χ0) is 12.5. The molecular weight excluding hydrogens is 224 g/mol. The lowest BCUT2D eigenvalue weighted by Gasteiger charge is -2.08. The molecule has 1 atom stereocenters. The maximum atomic E-state index is 10.4. The lowest BCUT2D eigenvalue weighted by atomic mass is 10.0. The fourth-order valence-electron chi connectivity index (χ4n) is 1.10. The van der Waals surface area contributed by atoms with Gasteiger partial charge in [-0.15, -0.1) is 0 Å². The lowest BCUT2D eigenvalue weighted by Crippen LogP contribution is -2.31. The van der Waals surface area contributed by atoms with Crippen LogP contribution in [-0.2, 0) is 0 Å². The van der Waals surface area contributed by atoms with Gasteiger partial charge in [-0.05, 0) is 0 Å². The molecule has 0 saturated carbocycles. The highest BCUT2D eigenvalue weighted by Gasteiger charge is 2.46. The van der Waals surface area contributed by atoms with Crippen LogP contribution < -0.4 is 0 Å². The van der Waals surface area contributed by atoms with Gasteiger partial charge in [0.15, 0.2) is 0 Å². The largest absolute Gasteiger partial charge is 0.497 e. The molecule has 16 heavy (non-hydrogen) atoms. The molecule has 1 rings (SSSR count). The summed E-state index contributed by atoms with van der Waals surface area (Å²) in [7, 11) is 0. The van der Waals surface area contributed by atoms with Crippen LogP contribution in [0.5, 0.6) is 0 Å². The summed E-state index contributed by atoms with van der Waals surface area (Å²) in [6.45, 7) is 0. The Morgan fingerprint density at radius 1 is 1.38 bits per heavy atom. The van der Waals surface area contributed by atoms with Crippen molar-refractivity contribution in [1.82, 2.24) is 0 Å². The number of rotatable bonds is 2. The van der Waals surface area contributed by atoms with Crippen molar-refractivity contribution in [3.8, 4) is 0 Å². The second kappa shape index (κ2) is 3.88. The van der Waals surface area contributed by atoms with Crippen LogP contribution in [0, 0.1) is 20.2 Å². The highest BCUT2D eigenvalue weighted by Crippen LogP contribution is 2.22. The zero-order valence-corrected chi connectivity index (χ0v) is 7.47. The van der Waals surface area contributed by atoms with Gasteiger partial charge in [0.1, 0.15) is 6.08 Å². The van der Waals surface area contributed by atoms with E-state index in [1.807, 2.05) is 0 Å². The summed E-state index contributed by atoms with van der Waals surface area (Å²) >= 11 is 0. The maximum Gasteiger partial charge on any atom is 0.370 e. The van der Waals surface area contributed by atoms with E-state index in [0.717, 1.165) is 0 Å². The first kappa shape index (κ1) is 11.5. The molecule has 84 valence electrons. The Morgan fingerprint density at radius 2 is 1.94 bits per heavy atom. The average molecular weight is 228 g/mol. The summed E-state index contributed by atoms with van der Waals surface area (Å²) < 4.78 is 0. The third-order valence-electron chi connectivity index (χ3n) is 1.82. The van der Waals surface area contributed by atoms with Gasteiger partial charge in [-0.1, -0.05) is 0 Å². The summed E-state index contributed by atoms with van der Waals surface area (Å²) in [5, 5.41) is 39.3. The minimum Gasteiger partial charge on any atom is -0.497 e. The molecule has 1 aliphatic rings. The van der Waals surface area contributed by atoms with Crippen LogP contribution in [0.1, 0.15) is 0 Å². The van der Waals surface area contributed by atoms with Gasteiger partial charge >= 0.3 is 11.4 Å². The normalized spacial score (nSPS) is 20.2. The first-order valence-corrected chi connectivity index (χ1v) is 3.74. The Hall–Kier alpha value is -2.58. The summed E-state index contributed by atoms with van der Waals surface area (Å²) in [6, 6.07) is 0. The quantitative estimate of drug-likeness (QED) is 0.273. The van der Waals surface area contributed by atoms with E-state index in [2.05, 4.69) is 4.79 Å². The van der Waals surface area contributed by atoms with Gasteiger partial charge < -0.3 is 15.7 Å². The van der Waals surface area contributed by atoms with Gasteiger partial charge in [-0.25, -0.2) is 0 Å². The minimum absolute atomic E-state index is 0.535. The highest BCUT2D eigenvalue weighted by atomic mass is 16.6. The Balaban J connectivity index is 3.44. The summed E-state index contributed by atoms with van der Waals surface area (Å²) in [6.07, 6.45) is -1.65. The Kier molecular flexibility index (Phi) is 2.79. The third kappa shape index (κ3) is 1.65. The molecule has 0 fully saturated rings. The molecule has 0 saturated heterocycles. The monoisotopic (exact) mass is 228 g/mol. The van der Waals surface area contributed by atoms with E-state index in [1.165, 1.54) is 0 Å². The molecule has 0 aromatic heterocycles. The number of nitro groups is 2. The molecule has 10 nitrogen and oxygen atoms in total. The van der Waals surface area contributed by atoms with E-state index in [0.29, 0.717) is 6.08 Å². The van der Waals surface area contributed by atoms with Gasteiger partial charge in [0.25, 0.3) is 11.5 Å². The van der Waals surface area contributed by atoms with Crippen molar-refractivity contribution < 1.29 is 24.8 Å². The van der Waals surface area contributed by atoms with Crippen LogP contribution >= 0.6 is 0 Å². The van der Waals surface area contributed by atoms with Gasteiger partial charge in [-0.3, -0.25) is 20.2 Å². The van der Waals surface area contributed by atoms with Crippen LogP contribution in [0.4, 0.5) is 0 Å². The fraction of sp³-hybridized carbons (Fsp3) is 0.167. The van der Waals surface area contributed by atoms with Crippen LogP contribution in [0.15, 0.2) is 23.2 Å². The smallest absolute Gasteiger partial charge is 0.370 e. The molecule has 0 spiro atoms. The minimum atomic E-state index is -2.18. The lowest BCUT2D eigenvalue weighted by molar-refractivity contribution is -0.465. The molecule has 1 unspecified atom stereocenters. The topological polar surface area (TPSA) is 163 Å². The Morgan fingerprint density at radius 3 is 2.31 bits per heavy atom. The zero-order valence-electron chi connectivity index (χ0n) is 7.47. The third-order valence-corrected chi connectivity index (χ3v) is 1.82. The van der Waals surface area contributed by atoms with E-state index in [4.69, 9.17) is 5.53 Å². The van der Waals surface area contributed by atoms with Crippen molar-refractivity contribution >= 4 is 5.71 Å².